The Morgan fingerprint density at radius 3 is 2.39 bits per heavy atom. The van der Waals surface area contributed by atoms with E-state index < -0.39 is 0 Å². The van der Waals surface area contributed by atoms with Crippen LogP contribution in [0.4, 0.5) is 5.69 Å². The average Bonchev–Trinajstić information content (AvgIpc) is 3.19. The predicted octanol–water partition coefficient (Wildman–Crippen LogP) is 5.79. The van der Waals surface area contributed by atoms with Gasteiger partial charge in [-0.1, -0.05) is 64.3 Å². The first-order valence-corrected chi connectivity index (χ1v) is 12.2. The van der Waals surface area contributed by atoms with Crippen molar-refractivity contribution in [3.05, 3.63) is 68.4 Å². The van der Waals surface area contributed by atoms with Crippen molar-refractivity contribution in [2.45, 2.75) is 38.5 Å². The number of halogens is 3. The third-order valence-corrected chi connectivity index (χ3v) is 6.73. The minimum absolute atomic E-state index is 0.0822. The van der Waals surface area contributed by atoms with E-state index in [1.54, 1.807) is 12.1 Å². The second kappa shape index (κ2) is 11.2. The molecule has 0 saturated carbocycles. The molecule has 0 aliphatic carbocycles. The first-order valence-electron chi connectivity index (χ1n) is 10.1. The van der Waals surface area contributed by atoms with E-state index in [2.05, 4.69) is 20.8 Å². The van der Waals surface area contributed by atoms with Crippen LogP contribution in [0.25, 0.3) is 0 Å². The average molecular weight is 527 g/mol. The number of hydrogen-bond acceptors (Lipinski definition) is 5. The fourth-order valence-corrected chi connectivity index (χ4v) is 4.41. The summed E-state index contributed by atoms with van der Waals surface area (Å²) in [6, 6.07) is 9.94. The molecule has 0 spiro atoms. The Labute approximate surface area is 211 Å². The number of aryl methyl sites for hydroxylation is 1. The van der Waals surface area contributed by atoms with Crippen molar-refractivity contribution < 1.29 is 9.59 Å². The Morgan fingerprint density at radius 1 is 1.06 bits per heavy atom. The van der Waals surface area contributed by atoms with Crippen LogP contribution in [0.5, 0.6) is 0 Å². The minimum atomic E-state index is -0.371. The Balaban J connectivity index is 1.64. The maximum Gasteiger partial charge on any atom is 0.251 e. The first kappa shape index (κ1) is 25.4. The Hall–Kier alpha value is -2.26. The van der Waals surface area contributed by atoms with Gasteiger partial charge in [0.1, 0.15) is 0 Å². The second-order valence-corrected chi connectivity index (χ2v) is 9.39. The zero-order chi connectivity index (χ0) is 24.1. The molecule has 3 aromatic rings. The number of carbonyl (C=O) groups excluding carboxylic acids is 2. The Kier molecular flexibility index (Phi) is 8.64. The molecule has 0 fully saturated rings. The molecule has 174 valence electrons. The molecule has 0 aliphatic heterocycles. The van der Waals surface area contributed by atoms with Gasteiger partial charge in [0, 0.05) is 12.1 Å². The molecule has 1 aromatic heterocycles. The Morgan fingerprint density at radius 2 is 1.73 bits per heavy atom. The monoisotopic (exact) mass is 525 g/mol. The van der Waals surface area contributed by atoms with Gasteiger partial charge in [-0.3, -0.25) is 9.59 Å². The highest BCUT2D eigenvalue weighted by Gasteiger charge is 2.20. The molecular weight excluding hydrogens is 505 g/mol. The van der Waals surface area contributed by atoms with Crippen LogP contribution in [-0.4, -0.2) is 32.3 Å². The Bertz CT molecular complexity index is 1170. The number of benzene rings is 2. The van der Waals surface area contributed by atoms with E-state index in [4.69, 9.17) is 34.8 Å². The molecule has 0 radical (unpaired) electrons. The molecule has 33 heavy (non-hydrogen) atoms. The quantitative estimate of drug-likeness (QED) is 0.286. The lowest BCUT2D eigenvalue weighted by Crippen LogP contribution is -2.28. The van der Waals surface area contributed by atoms with Gasteiger partial charge >= 0.3 is 0 Å². The topological polar surface area (TPSA) is 88.9 Å². The van der Waals surface area contributed by atoms with Gasteiger partial charge < -0.3 is 15.2 Å². The smallest absolute Gasteiger partial charge is 0.251 e. The molecule has 2 amide bonds. The zero-order valence-corrected chi connectivity index (χ0v) is 21.2. The lowest BCUT2D eigenvalue weighted by molar-refractivity contribution is -0.113. The van der Waals surface area contributed by atoms with Crippen molar-refractivity contribution in [2.24, 2.45) is 0 Å². The summed E-state index contributed by atoms with van der Waals surface area (Å²) in [4.78, 5) is 25.0. The highest BCUT2D eigenvalue weighted by Crippen LogP contribution is 2.32. The van der Waals surface area contributed by atoms with Crippen molar-refractivity contribution in [1.82, 2.24) is 20.1 Å². The van der Waals surface area contributed by atoms with Crippen molar-refractivity contribution in [1.29, 1.82) is 0 Å². The van der Waals surface area contributed by atoms with Crippen molar-refractivity contribution >= 4 is 64.1 Å². The molecule has 0 saturated heterocycles. The number of thioether (sulfide) groups is 1. The summed E-state index contributed by atoms with van der Waals surface area (Å²) in [5, 5.41) is 15.6. The van der Waals surface area contributed by atoms with Crippen LogP contribution in [-0.2, 0) is 11.3 Å². The van der Waals surface area contributed by atoms with E-state index in [0.29, 0.717) is 43.8 Å². The van der Waals surface area contributed by atoms with Crippen molar-refractivity contribution in [2.75, 3.05) is 11.1 Å². The van der Waals surface area contributed by atoms with Gasteiger partial charge in [-0.05, 0) is 45.0 Å². The summed E-state index contributed by atoms with van der Waals surface area (Å²) in [6.07, 6.45) is 0. The third kappa shape index (κ3) is 6.41. The number of rotatable bonds is 8. The van der Waals surface area contributed by atoms with Crippen LogP contribution in [0.15, 0.2) is 41.6 Å². The SMILES string of the molecule is CCn1c(SCC(=O)Nc2cc(Cl)c(Cl)cc2Cl)nnc1[C@@H](C)NC(=O)c1ccc(C)cc1. The van der Waals surface area contributed by atoms with E-state index in [9.17, 15) is 9.59 Å². The number of amides is 2. The maximum atomic E-state index is 12.6. The van der Waals surface area contributed by atoms with E-state index in [0.717, 1.165) is 5.56 Å². The number of anilines is 1. The van der Waals surface area contributed by atoms with Crippen LogP contribution in [0.3, 0.4) is 0 Å². The minimum Gasteiger partial charge on any atom is -0.342 e. The van der Waals surface area contributed by atoms with Crippen LogP contribution in [0, 0.1) is 6.92 Å². The highest BCUT2D eigenvalue weighted by atomic mass is 35.5. The molecule has 0 aliphatic rings. The summed E-state index contributed by atoms with van der Waals surface area (Å²) < 4.78 is 1.87. The molecule has 0 unspecified atom stereocenters. The standard InChI is InChI=1S/C22H22Cl3N5O2S/c1-4-30-20(13(3)26-21(32)14-7-5-12(2)6-8-14)28-29-22(30)33-11-19(31)27-18-10-16(24)15(23)9-17(18)25/h5-10,13H,4,11H2,1-3H3,(H,26,32)(H,27,31)/t13-/m1/s1. The summed E-state index contributed by atoms with van der Waals surface area (Å²) in [5.74, 6) is 0.209. The fraction of sp³-hybridized carbons (Fsp3) is 0.273. The maximum absolute atomic E-state index is 12.6. The zero-order valence-electron chi connectivity index (χ0n) is 18.2. The van der Waals surface area contributed by atoms with Crippen LogP contribution >= 0.6 is 46.6 Å². The normalized spacial score (nSPS) is 11.8. The van der Waals surface area contributed by atoms with Gasteiger partial charge in [-0.25, -0.2) is 0 Å². The fourth-order valence-electron chi connectivity index (χ4n) is 3.01. The largest absolute Gasteiger partial charge is 0.342 e. The lowest BCUT2D eigenvalue weighted by Gasteiger charge is -2.15. The van der Waals surface area contributed by atoms with Gasteiger partial charge in [0.25, 0.3) is 5.91 Å². The predicted molar refractivity (Wildman–Crippen MR) is 134 cm³/mol. The van der Waals surface area contributed by atoms with Crippen LogP contribution in [0.1, 0.15) is 41.6 Å². The van der Waals surface area contributed by atoms with Crippen LogP contribution < -0.4 is 10.6 Å². The molecule has 3 rings (SSSR count). The summed E-state index contributed by atoms with van der Waals surface area (Å²) in [5.41, 5.74) is 2.03. The number of aromatic nitrogens is 3. The van der Waals surface area contributed by atoms with Crippen LogP contribution in [0.2, 0.25) is 15.1 Å². The molecule has 2 N–H and O–H groups in total. The van der Waals surface area contributed by atoms with Crippen molar-refractivity contribution in [3.63, 3.8) is 0 Å². The van der Waals surface area contributed by atoms with E-state index in [1.165, 1.54) is 23.9 Å². The summed E-state index contributed by atoms with van der Waals surface area (Å²) in [6.45, 7) is 6.33. The first-order chi connectivity index (χ1) is 15.7. The van der Waals surface area contributed by atoms with Gasteiger partial charge in [0.2, 0.25) is 5.91 Å². The summed E-state index contributed by atoms with van der Waals surface area (Å²) in [7, 11) is 0. The number of hydrogen-bond donors (Lipinski definition) is 2. The van der Waals surface area contributed by atoms with E-state index in [-0.39, 0.29) is 23.6 Å². The molecular formula is C22H22Cl3N5O2S. The highest BCUT2D eigenvalue weighted by molar-refractivity contribution is 7.99. The third-order valence-electron chi connectivity index (χ3n) is 4.73. The lowest BCUT2D eigenvalue weighted by atomic mass is 10.1. The molecule has 1 heterocycles. The van der Waals surface area contributed by atoms with Gasteiger partial charge in [0.15, 0.2) is 11.0 Å². The number of nitrogens with one attached hydrogen (secondary N) is 2. The number of carbonyl (C=O) groups is 2. The van der Waals surface area contributed by atoms with Crippen molar-refractivity contribution in [3.8, 4) is 0 Å². The molecule has 7 nitrogen and oxygen atoms in total. The molecule has 0 bridgehead atoms. The van der Waals surface area contributed by atoms with Gasteiger partial charge in [0.05, 0.1) is 32.5 Å². The van der Waals surface area contributed by atoms with E-state index in [1.807, 2.05) is 37.5 Å². The summed E-state index contributed by atoms with van der Waals surface area (Å²) >= 11 is 19.3. The van der Waals surface area contributed by atoms with E-state index >= 15 is 0 Å². The molecule has 2 aromatic carbocycles. The van der Waals surface area contributed by atoms with Gasteiger partial charge in [-0.2, -0.15) is 0 Å². The second-order valence-electron chi connectivity index (χ2n) is 7.23. The molecule has 11 heteroatoms. The van der Waals surface area contributed by atoms with Gasteiger partial charge in [-0.15, -0.1) is 10.2 Å². The molecule has 1 atom stereocenters. The number of nitrogens with zero attached hydrogens (tertiary/aromatic N) is 3.